The van der Waals surface area contributed by atoms with Crippen molar-refractivity contribution in [2.75, 3.05) is 26.4 Å². The third kappa shape index (κ3) is 44.4. The van der Waals surface area contributed by atoms with Crippen LogP contribution in [0.2, 0.25) is 0 Å². The molecule has 14 nitrogen and oxygen atoms in total. The summed E-state index contributed by atoms with van der Waals surface area (Å²) < 4.78 is 47.8. The summed E-state index contributed by atoms with van der Waals surface area (Å²) in [6.07, 6.45) is 41.2. The van der Waals surface area contributed by atoms with Crippen LogP contribution < -0.4 is 0 Å². The van der Waals surface area contributed by atoms with Crippen LogP contribution in [0.4, 0.5) is 0 Å². The molecule has 4 atom stereocenters. The van der Waals surface area contributed by atoms with E-state index in [1.165, 1.54) is 57.8 Å². The molecule has 0 aliphatic rings. The number of allylic oxidation sites excluding steroid dienone is 9. The lowest BCUT2D eigenvalue weighted by atomic mass is 10.1. The molecule has 0 fully saturated rings. The zero-order chi connectivity index (χ0) is 46.0. The molecular weight excluding hydrogens is 838 g/mol. The topological polar surface area (TPSA) is 216 Å². The third-order valence-electron chi connectivity index (χ3n) is 9.44. The fraction of sp³-hybridized carbons (Fsp3) is 0.739. The Bertz CT molecular complexity index is 1340. The second-order valence-electron chi connectivity index (χ2n) is 15.5. The Labute approximate surface area is 373 Å². The van der Waals surface area contributed by atoms with Crippen LogP contribution in [0.1, 0.15) is 174 Å². The third-order valence-corrected chi connectivity index (χ3v) is 10.9. The van der Waals surface area contributed by atoms with E-state index in [9.17, 15) is 33.8 Å². The molecule has 0 saturated heterocycles. The Balaban J connectivity index is 4.61. The highest BCUT2D eigenvalue weighted by Crippen LogP contribution is 2.43. The van der Waals surface area contributed by atoms with Gasteiger partial charge in [0.25, 0.3) is 0 Å². The summed E-state index contributed by atoms with van der Waals surface area (Å²) in [5, 5.41) is 19.6. The zero-order valence-electron chi connectivity index (χ0n) is 37.8. The van der Waals surface area contributed by atoms with Crippen molar-refractivity contribution in [2.24, 2.45) is 0 Å². The first-order valence-electron chi connectivity index (χ1n) is 23.1. The van der Waals surface area contributed by atoms with E-state index in [1.54, 1.807) is 0 Å². The van der Waals surface area contributed by atoms with Crippen LogP contribution in [0.25, 0.3) is 0 Å². The number of hydrogen-bond acceptors (Lipinski definition) is 11. The number of carbonyl (C=O) groups excluding carboxylic acids is 2. The van der Waals surface area contributed by atoms with Gasteiger partial charge < -0.3 is 34.4 Å². The number of aliphatic hydroxyl groups excluding tert-OH is 2. The maximum Gasteiger partial charge on any atom is 0.472 e. The van der Waals surface area contributed by atoms with Gasteiger partial charge in [-0.15, -0.1) is 0 Å². The number of phosphoric acid groups is 2. The van der Waals surface area contributed by atoms with Crippen LogP contribution in [0, 0.1) is 0 Å². The van der Waals surface area contributed by atoms with E-state index in [1.807, 2.05) is 24.3 Å². The smallest absolute Gasteiger partial charge is 0.462 e. The number of ether oxygens (including phenoxy) is 2. The fourth-order valence-electron chi connectivity index (χ4n) is 5.88. The molecule has 0 saturated carbocycles. The molecule has 16 heteroatoms. The van der Waals surface area contributed by atoms with Crippen molar-refractivity contribution < 1.29 is 66.7 Å². The molecule has 0 aromatic heterocycles. The number of rotatable bonds is 43. The van der Waals surface area contributed by atoms with Gasteiger partial charge in [-0.3, -0.25) is 23.2 Å². The Morgan fingerprint density at radius 3 is 1.58 bits per heavy atom. The number of hydrogen-bond donors (Lipinski definition) is 5. The van der Waals surface area contributed by atoms with Gasteiger partial charge in [0.1, 0.15) is 12.7 Å². The van der Waals surface area contributed by atoms with Crippen LogP contribution in [0.5, 0.6) is 0 Å². The normalized spacial score (nSPS) is 15.0. The monoisotopic (exact) mass is 921 g/mol. The second kappa shape index (κ2) is 41.5. The Kier molecular flexibility index (Phi) is 40.0. The molecule has 360 valence electrons. The number of esters is 2. The lowest BCUT2D eigenvalue weighted by Crippen LogP contribution is -2.30. The molecule has 5 N–H and O–H groups in total. The van der Waals surface area contributed by atoms with Crippen molar-refractivity contribution >= 4 is 27.6 Å². The van der Waals surface area contributed by atoms with Gasteiger partial charge in [0.15, 0.2) is 6.10 Å². The fourth-order valence-corrected chi connectivity index (χ4v) is 7.04. The summed E-state index contributed by atoms with van der Waals surface area (Å²) in [4.78, 5) is 52.7. The second-order valence-corrected chi connectivity index (χ2v) is 18.2. The van der Waals surface area contributed by atoms with Crippen molar-refractivity contribution in [2.45, 2.75) is 193 Å². The summed E-state index contributed by atoms with van der Waals surface area (Å²) in [5.74, 6) is -1.13. The van der Waals surface area contributed by atoms with Crippen LogP contribution in [-0.2, 0) is 41.8 Å². The average molecular weight is 921 g/mol. The van der Waals surface area contributed by atoms with Crippen molar-refractivity contribution in [1.29, 1.82) is 0 Å². The van der Waals surface area contributed by atoms with Gasteiger partial charge in [0.2, 0.25) is 0 Å². The first-order chi connectivity index (χ1) is 29.8. The van der Waals surface area contributed by atoms with E-state index in [4.69, 9.17) is 23.8 Å². The summed E-state index contributed by atoms with van der Waals surface area (Å²) in [7, 11) is -9.71. The quantitative estimate of drug-likeness (QED) is 0.0166. The van der Waals surface area contributed by atoms with Crippen molar-refractivity contribution in [3.63, 3.8) is 0 Å². The van der Waals surface area contributed by atoms with E-state index in [-0.39, 0.29) is 18.9 Å². The summed E-state index contributed by atoms with van der Waals surface area (Å²) >= 11 is 0. The number of aliphatic hydroxyl groups is 2. The minimum Gasteiger partial charge on any atom is -0.462 e. The molecule has 0 aliphatic heterocycles. The summed E-state index contributed by atoms with van der Waals surface area (Å²) in [6.45, 7) is 1.53. The largest absolute Gasteiger partial charge is 0.472 e. The molecule has 0 radical (unpaired) electrons. The van der Waals surface area contributed by atoms with Gasteiger partial charge in [-0.1, -0.05) is 152 Å². The van der Waals surface area contributed by atoms with Crippen molar-refractivity contribution in [3.8, 4) is 0 Å². The lowest BCUT2D eigenvalue weighted by Gasteiger charge is -2.20. The summed E-state index contributed by atoms with van der Waals surface area (Å²) in [6, 6.07) is 0. The number of carbonyl (C=O) groups is 2. The molecule has 0 aliphatic carbocycles. The average Bonchev–Trinajstić information content (AvgIpc) is 3.23. The van der Waals surface area contributed by atoms with Gasteiger partial charge in [0.05, 0.1) is 25.9 Å². The van der Waals surface area contributed by atoms with Crippen LogP contribution in [0.15, 0.2) is 60.8 Å². The first kappa shape index (κ1) is 59.8. The highest BCUT2D eigenvalue weighted by Gasteiger charge is 2.28. The minimum atomic E-state index is -4.88. The molecule has 0 heterocycles. The van der Waals surface area contributed by atoms with Gasteiger partial charge in [-0.25, -0.2) is 9.13 Å². The predicted molar refractivity (Wildman–Crippen MR) is 245 cm³/mol. The minimum absolute atomic E-state index is 0.0999. The molecular formula is C46H82O14P2. The van der Waals surface area contributed by atoms with E-state index in [0.29, 0.717) is 19.3 Å². The Morgan fingerprint density at radius 1 is 0.516 bits per heavy atom. The Hall–Kier alpha value is -2.22. The molecule has 0 aromatic carbocycles. The SMILES string of the molecule is CCCCCCCC/C=C\CCCCCCCCCC(=O)O[C@H](COC(=O)CCC/C=C\C/C=C\C/C=C\C/C=C\[C@@H](O)CCCC)COP(=O)(O)OC[C@@H](O)COP(=O)(O)O. The van der Waals surface area contributed by atoms with Crippen molar-refractivity contribution in [1.82, 2.24) is 0 Å². The van der Waals surface area contributed by atoms with Gasteiger partial charge in [-0.05, 0) is 70.6 Å². The van der Waals surface area contributed by atoms with E-state index >= 15 is 0 Å². The molecule has 0 aromatic rings. The van der Waals surface area contributed by atoms with Crippen LogP contribution >= 0.6 is 15.6 Å². The molecule has 0 rings (SSSR count). The van der Waals surface area contributed by atoms with E-state index in [0.717, 1.165) is 70.6 Å². The summed E-state index contributed by atoms with van der Waals surface area (Å²) in [5.41, 5.74) is 0. The van der Waals surface area contributed by atoms with Crippen LogP contribution in [0.3, 0.4) is 0 Å². The molecule has 0 amide bonds. The number of unbranched alkanes of at least 4 members (excludes halogenated alkanes) is 15. The maximum atomic E-state index is 12.7. The van der Waals surface area contributed by atoms with Gasteiger partial charge in [-0.2, -0.15) is 0 Å². The predicted octanol–water partition coefficient (Wildman–Crippen LogP) is 11.0. The van der Waals surface area contributed by atoms with E-state index < -0.39 is 66.2 Å². The standard InChI is InChI=1S/C46H82O14P2/c1-3-5-7-8-9-10-11-12-13-14-15-16-21-24-27-30-33-37-46(50)60-44(41-59-62(54,55)58-39-43(48)38-57-61(51,52)53)40-56-45(49)36-32-29-26-23-20-18-17-19-22-25-28-31-35-42(47)34-6-4-2/h12-13,17-18,22-23,25-26,31,35,42-44,47-48H,3-11,14-16,19-21,24,27-30,32-34,36-41H2,1-2H3,(H,54,55)(H2,51,52,53)/b13-12-,18-17-,25-22-,26-23-,35-31-/t42-,43-,44+/m0/s1. The Morgan fingerprint density at radius 2 is 0.984 bits per heavy atom. The van der Waals surface area contributed by atoms with Gasteiger partial charge in [0, 0.05) is 12.8 Å². The lowest BCUT2D eigenvalue weighted by molar-refractivity contribution is -0.161. The van der Waals surface area contributed by atoms with Crippen LogP contribution in [-0.4, -0.2) is 81.6 Å². The highest BCUT2D eigenvalue weighted by molar-refractivity contribution is 7.47. The molecule has 0 spiro atoms. The number of phosphoric ester groups is 2. The zero-order valence-corrected chi connectivity index (χ0v) is 39.6. The highest BCUT2D eigenvalue weighted by atomic mass is 31.2. The van der Waals surface area contributed by atoms with E-state index in [2.05, 4.69) is 59.4 Å². The first-order valence-corrected chi connectivity index (χ1v) is 26.1. The molecule has 0 bridgehead atoms. The molecule has 62 heavy (non-hydrogen) atoms. The van der Waals surface area contributed by atoms with Crippen molar-refractivity contribution in [3.05, 3.63) is 60.8 Å². The maximum absolute atomic E-state index is 12.7. The molecule has 1 unspecified atom stereocenters. The van der Waals surface area contributed by atoms with Gasteiger partial charge >= 0.3 is 27.6 Å².